The third kappa shape index (κ3) is 4.06. The lowest BCUT2D eigenvalue weighted by molar-refractivity contribution is 0.301. The Labute approximate surface area is 184 Å². The molecule has 0 bridgehead atoms. The van der Waals surface area contributed by atoms with E-state index in [1.165, 1.54) is 0 Å². The molecule has 3 aromatic heterocycles. The van der Waals surface area contributed by atoms with Crippen LogP contribution in [0.3, 0.4) is 0 Å². The van der Waals surface area contributed by atoms with Gasteiger partial charge in [-0.3, -0.25) is 14.3 Å². The second kappa shape index (κ2) is 8.73. The van der Waals surface area contributed by atoms with E-state index in [2.05, 4.69) is 10.3 Å². The predicted molar refractivity (Wildman–Crippen MR) is 126 cm³/mol. The highest BCUT2D eigenvalue weighted by molar-refractivity contribution is 5.81. The number of aromatic nitrogens is 3. The molecule has 0 saturated heterocycles. The molecule has 5 aromatic rings. The van der Waals surface area contributed by atoms with Crippen molar-refractivity contribution in [1.82, 2.24) is 14.5 Å². The molecule has 156 valence electrons. The Kier molecular flexibility index (Phi) is 5.32. The van der Waals surface area contributed by atoms with Crippen molar-refractivity contribution in [3.63, 3.8) is 0 Å². The van der Waals surface area contributed by atoms with Gasteiger partial charge in [-0.1, -0.05) is 36.4 Å². The normalized spacial score (nSPS) is 10.8. The molecule has 0 aliphatic rings. The van der Waals surface area contributed by atoms with Crippen molar-refractivity contribution in [3.05, 3.63) is 119 Å². The number of fused-ring (bicyclic) bond motifs is 1. The van der Waals surface area contributed by atoms with Crippen LogP contribution in [0.1, 0.15) is 5.69 Å². The zero-order chi connectivity index (χ0) is 21.8. The van der Waals surface area contributed by atoms with E-state index < -0.39 is 0 Å². The molecule has 6 nitrogen and oxygen atoms in total. The highest BCUT2D eigenvalue weighted by Crippen LogP contribution is 2.24. The summed E-state index contributed by atoms with van der Waals surface area (Å²) < 4.78 is 7.80. The summed E-state index contributed by atoms with van der Waals surface area (Å²) in [5.41, 5.74) is 2.97. The van der Waals surface area contributed by atoms with E-state index in [-0.39, 0.29) is 12.0 Å². The molecule has 0 amide bonds. The van der Waals surface area contributed by atoms with E-state index >= 15 is 0 Å². The summed E-state index contributed by atoms with van der Waals surface area (Å²) in [7, 11) is 0. The average molecular weight is 420 g/mol. The lowest BCUT2D eigenvalue weighted by atomic mass is 10.2. The van der Waals surface area contributed by atoms with Crippen LogP contribution in [0.2, 0.25) is 0 Å². The van der Waals surface area contributed by atoms with Crippen LogP contribution in [0.15, 0.2) is 108 Å². The number of nitrogens with one attached hydrogen (secondary N) is 1. The standard InChI is InChI=1S/C26H20N4O2/c31-24-17-25(28-19-7-3-1-4-8-19)30(21-9-5-2-6-10-21)26-23(24)12-11-20(29-26)18-32-22-13-15-27-16-14-22/h1-17,28H,18H2. The minimum atomic E-state index is -0.0975. The molecule has 32 heavy (non-hydrogen) atoms. The van der Waals surface area contributed by atoms with Gasteiger partial charge in [0.05, 0.1) is 11.1 Å². The minimum Gasteiger partial charge on any atom is -0.487 e. The molecule has 6 heteroatoms. The van der Waals surface area contributed by atoms with E-state index in [9.17, 15) is 4.79 Å². The van der Waals surface area contributed by atoms with Crippen LogP contribution < -0.4 is 15.5 Å². The van der Waals surface area contributed by atoms with Gasteiger partial charge in [0.25, 0.3) is 0 Å². The van der Waals surface area contributed by atoms with Crippen molar-refractivity contribution < 1.29 is 4.74 Å². The highest BCUT2D eigenvalue weighted by atomic mass is 16.5. The van der Waals surface area contributed by atoms with Crippen LogP contribution >= 0.6 is 0 Å². The number of para-hydroxylation sites is 2. The van der Waals surface area contributed by atoms with Crippen molar-refractivity contribution in [2.24, 2.45) is 0 Å². The topological polar surface area (TPSA) is 69.0 Å². The Bertz CT molecular complexity index is 1400. The van der Waals surface area contributed by atoms with Gasteiger partial charge in [-0.25, -0.2) is 4.98 Å². The molecule has 0 unspecified atom stereocenters. The molecule has 0 aliphatic heterocycles. The molecule has 5 rings (SSSR count). The quantitative estimate of drug-likeness (QED) is 0.414. The van der Waals surface area contributed by atoms with E-state index in [1.807, 2.05) is 77.4 Å². The third-order valence-corrected chi connectivity index (χ3v) is 5.02. The third-order valence-electron chi connectivity index (χ3n) is 5.02. The van der Waals surface area contributed by atoms with Crippen molar-refractivity contribution >= 4 is 22.5 Å². The number of hydrogen-bond donors (Lipinski definition) is 1. The van der Waals surface area contributed by atoms with Crippen molar-refractivity contribution in [2.45, 2.75) is 6.61 Å². The zero-order valence-electron chi connectivity index (χ0n) is 17.2. The second-order valence-corrected chi connectivity index (χ2v) is 7.20. The summed E-state index contributed by atoms with van der Waals surface area (Å²) in [6.45, 7) is 0.277. The van der Waals surface area contributed by atoms with Gasteiger partial charge >= 0.3 is 0 Å². The average Bonchev–Trinajstić information content (AvgIpc) is 2.85. The lowest BCUT2D eigenvalue weighted by Gasteiger charge is -2.18. The fraction of sp³-hybridized carbons (Fsp3) is 0.0385. The summed E-state index contributed by atoms with van der Waals surface area (Å²) in [5.74, 6) is 1.35. The molecule has 2 aromatic carbocycles. The zero-order valence-corrected chi connectivity index (χ0v) is 17.2. The predicted octanol–water partition coefficient (Wildman–Crippen LogP) is 5.10. The van der Waals surface area contributed by atoms with Gasteiger partial charge in [-0.2, -0.15) is 0 Å². The van der Waals surface area contributed by atoms with Gasteiger partial charge in [0.15, 0.2) is 5.43 Å². The lowest BCUT2D eigenvalue weighted by Crippen LogP contribution is -2.14. The molecular weight excluding hydrogens is 400 g/mol. The van der Waals surface area contributed by atoms with Crippen LogP contribution in [0.5, 0.6) is 5.75 Å². The maximum atomic E-state index is 12.9. The fourth-order valence-corrected chi connectivity index (χ4v) is 3.50. The Morgan fingerprint density at radius 3 is 2.31 bits per heavy atom. The van der Waals surface area contributed by atoms with Gasteiger partial charge in [0.1, 0.15) is 23.8 Å². The summed E-state index contributed by atoms with van der Waals surface area (Å²) in [6, 6.07) is 28.4. The number of ether oxygens (including phenoxy) is 1. The monoisotopic (exact) mass is 420 g/mol. The van der Waals surface area contributed by atoms with Crippen LogP contribution in [0.25, 0.3) is 16.7 Å². The van der Waals surface area contributed by atoms with E-state index in [0.29, 0.717) is 22.6 Å². The first-order valence-corrected chi connectivity index (χ1v) is 10.2. The number of benzene rings is 2. The maximum absolute atomic E-state index is 12.9. The van der Waals surface area contributed by atoms with Gasteiger partial charge in [0, 0.05) is 29.8 Å². The van der Waals surface area contributed by atoms with Crippen LogP contribution in [0.4, 0.5) is 11.5 Å². The summed E-state index contributed by atoms with van der Waals surface area (Å²) in [5, 5.41) is 3.91. The number of anilines is 2. The first kappa shape index (κ1) is 19.5. The van der Waals surface area contributed by atoms with Crippen molar-refractivity contribution in [1.29, 1.82) is 0 Å². The minimum absolute atomic E-state index is 0.0975. The van der Waals surface area contributed by atoms with Crippen molar-refractivity contribution in [3.8, 4) is 11.4 Å². The summed E-state index contributed by atoms with van der Waals surface area (Å²) >= 11 is 0. The molecule has 0 aliphatic carbocycles. The SMILES string of the molecule is O=c1cc(Nc2ccccc2)n(-c2ccccc2)c2nc(COc3ccncc3)ccc12. The maximum Gasteiger partial charge on any atom is 0.193 e. The first-order valence-electron chi connectivity index (χ1n) is 10.2. The Hall–Kier alpha value is -4.45. The van der Waals surface area contributed by atoms with E-state index in [1.54, 1.807) is 30.6 Å². The van der Waals surface area contributed by atoms with Gasteiger partial charge in [0.2, 0.25) is 0 Å². The number of hydrogen-bond acceptors (Lipinski definition) is 5. The molecule has 0 atom stereocenters. The summed E-state index contributed by atoms with van der Waals surface area (Å²) in [4.78, 5) is 21.7. The highest BCUT2D eigenvalue weighted by Gasteiger charge is 2.13. The Morgan fingerprint density at radius 1 is 0.844 bits per heavy atom. The molecule has 0 spiro atoms. The Balaban J connectivity index is 1.63. The molecule has 0 fully saturated rings. The number of rotatable bonds is 6. The molecule has 1 N–H and O–H groups in total. The van der Waals surface area contributed by atoms with Crippen molar-refractivity contribution in [2.75, 3.05) is 5.32 Å². The van der Waals surface area contributed by atoms with Crippen LogP contribution in [-0.4, -0.2) is 14.5 Å². The molecular formula is C26H20N4O2. The van der Waals surface area contributed by atoms with Gasteiger partial charge < -0.3 is 10.1 Å². The van der Waals surface area contributed by atoms with E-state index in [4.69, 9.17) is 9.72 Å². The molecule has 0 saturated carbocycles. The van der Waals surface area contributed by atoms with Gasteiger partial charge in [-0.05, 0) is 48.5 Å². The fourth-order valence-electron chi connectivity index (χ4n) is 3.50. The number of pyridine rings is 3. The van der Waals surface area contributed by atoms with Crippen LogP contribution in [-0.2, 0) is 6.61 Å². The number of nitrogens with zero attached hydrogens (tertiary/aromatic N) is 3. The molecule has 0 radical (unpaired) electrons. The van der Waals surface area contributed by atoms with Gasteiger partial charge in [-0.15, -0.1) is 0 Å². The first-order chi connectivity index (χ1) is 15.8. The van der Waals surface area contributed by atoms with E-state index in [0.717, 1.165) is 17.1 Å². The molecule has 3 heterocycles. The summed E-state index contributed by atoms with van der Waals surface area (Å²) in [6.07, 6.45) is 3.36. The largest absolute Gasteiger partial charge is 0.487 e. The second-order valence-electron chi connectivity index (χ2n) is 7.20. The Morgan fingerprint density at radius 2 is 1.56 bits per heavy atom. The smallest absolute Gasteiger partial charge is 0.193 e. The van der Waals surface area contributed by atoms with Crippen LogP contribution in [0, 0.1) is 0 Å².